The monoisotopic (exact) mass is 335 g/mol. The number of hydrazone groups is 1. The first-order valence-corrected chi connectivity index (χ1v) is 9.28. The molecular formula is C20H21N3S. The van der Waals surface area contributed by atoms with Crippen LogP contribution < -0.4 is 0 Å². The highest BCUT2D eigenvalue weighted by Crippen LogP contribution is 2.20. The highest BCUT2D eigenvalue weighted by molar-refractivity contribution is 7.11. The van der Waals surface area contributed by atoms with Crippen molar-refractivity contribution in [1.29, 1.82) is 0 Å². The number of piperazine rings is 1. The first-order chi connectivity index (χ1) is 11.9. The highest BCUT2D eigenvalue weighted by Gasteiger charge is 2.16. The van der Waals surface area contributed by atoms with Gasteiger partial charge in [-0.15, -0.1) is 11.3 Å². The number of fused-ring (bicyclic) bond motifs is 1. The van der Waals surface area contributed by atoms with E-state index in [1.165, 1.54) is 21.2 Å². The van der Waals surface area contributed by atoms with Gasteiger partial charge in [0.15, 0.2) is 0 Å². The van der Waals surface area contributed by atoms with Gasteiger partial charge in [0.05, 0.1) is 6.21 Å². The number of benzene rings is 2. The van der Waals surface area contributed by atoms with Gasteiger partial charge in [0, 0.05) is 37.6 Å². The van der Waals surface area contributed by atoms with Crippen molar-refractivity contribution >= 4 is 28.3 Å². The largest absolute Gasteiger partial charge is 0.295 e. The minimum atomic E-state index is 0.993. The average molecular weight is 335 g/mol. The van der Waals surface area contributed by atoms with Gasteiger partial charge < -0.3 is 0 Å². The van der Waals surface area contributed by atoms with E-state index in [1.54, 1.807) is 11.3 Å². The molecule has 0 amide bonds. The van der Waals surface area contributed by atoms with Crippen molar-refractivity contribution in [2.24, 2.45) is 5.10 Å². The Morgan fingerprint density at radius 2 is 1.75 bits per heavy atom. The Kier molecular flexibility index (Phi) is 4.58. The van der Waals surface area contributed by atoms with Crippen molar-refractivity contribution in [2.75, 3.05) is 26.2 Å². The van der Waals surface area contributed by atoms with Crippen molar-refractivity contribution in [3.8, 4) is 0 Å². The zero-order valence-electron chi connectivity index (χ0n) is 13.6. The molecule has 0 saturated carbocycles. The van der Waals surface area contributed by atoms with Crippen molar-refractivity contribution in [3.05, 3.63) is 70.4 Å². The summed E-state index contributed by atoms with van der Waals surface area (Å²) < 4.78 is 0. The normalized spacial score (nSPS) is 16.2. The molecule has 3 aromatic rings. The number of hydrogen-bond acceptors (Lipinski definition) is 4. The number of thiophene rings is 1. The Labute approximate surface area is 146 Å². The molecule has 0 unspecified atom stereocenters. The van der Waals surface area contributed by atoms with Crippen LogP contribution in [0.25, 0.3) is 10.8 Å². The van der Waals surface area contributed by atoms with Crippen LogP contribution in [-0.4, -0.2) is 42.3 Å². The SMILES string of the molecule is C(=N\N1CCN(Cc2cccc3ccccc23)CC1)/c1cccs1. The molecule has 3 nitrogen and oxygen atoms in total. The molecule has 0 spiro atoms. The summed E-state index contributed by atoms with van der Waals surface area (Å²) >= 11 is 1.73. The summed E-state index contributed by atoms with van der Waals surface area (Å²) in [6, 6.07) is 19.4. The molecule has 1 aliphatic rings. The molecule has 4 rings (SSSR count). The molecule has 1 aliphatic heterocycles. The third kappa shape index (κ3) is 3.50. The van der Waals surface area contributed by atoms with Crippen LogP contribution in [0, 0.1) is 0 Å². The second-order valence-electron chi connectivity index (χ2n) is 6.13. The molecule has 24 heavy (non-hydrogen) atoms. The van der Waals surface area contributed by atoms with Gasteiger partial charge in [0.25, 0.3) is 0 Å². The minimum absolute atomic E-state index is 0.993. The summed E-state index contributed by atoms with van der Waals surface area (Å²) in [5.41, 5.74) is 1.42. The van der Waals surface area contributed by atoms with Gasteiger partial charge in [0.2, 0.25) is 0 Å². The third-order valence-corrected chi connectivity index (χ3v) is 5.32. The standard InChI is InChI=1S/C20H21N3S/c1-2-9-20-17(5-1)6-3-7-18(20)16-22-10-12-23(13-11-22)21-15-19-8-4-14-24-19/h1-9,14-15H,10-13,16H2/b21-15+. The maximum absolute atomic E-state index is 4.61. The van der Waals surface area contributed by atoms with Gasteiger partial charge in [-0.05, 0) is 27.8 Å². The van der Waals surface area contributed by atoms with Gasteiger partial charge in [-0.2, -0.15) is 5.10 Å². The quantitative estimate of drug-likeness (QED) is 0.670. The van der Waals surface area contributed by atoms with Crippen LogP contribution in [0.2, 0.25) is 0 Å². The topological polar surface area (TPSA) is 18.8 Å². The predicted octanol–water partition coefficient (Wildman–Crippen LogP) is 4.05. The lowest BCUT2D eigenvalue weighted by molar-refractivity contribution is 0.131. The fourth-order valence-electron chi connectivity index (χ4n) is 3.19. The predicted molar refractivity (Wildman–Crippen MR) is 103 cm³/mol. The lowest BCUT2D eigenvalue weighted by Gasteiger charge is -2.33. The third-order valence-electron chi connectivity index (χ3n) is 4.51. The van der Waals surface area contributed by atoms with E-state index in [9.17, 15) is 0 Å². The van der Waals surface area contributed by atoms with Gasteiger partial charge in [-0.25, -0.2) is 0 Å². The van der Waals surface area contributed by atoms with Crippen LogP contribution in [0.1, 0.15) is 10.4 Å². The van der Waals surface area contributed by atoms with Gasteiger partial charge in [-0.3, -0.25) is 9.91 Å². The lowest BCUT2D eigenvalue weighted by atomic mass is 10.0. The molecule has 4 heteroatoms. The molecule has 1 aromatic heterocycles. The van der Waals surface area contributed by atoms with E-state index in [1.807, 2.05) is 6.21 Å². The second kappa shape index (κ2) is 7.16. The average Bonchev–Trinajstić information content (AvgIpc) is 3.15. The molecular weight excluding hydrogens is 314 g/mol. The Hall–Kier alpha value is -2.17. The van der Waals surface area contributed by atoms with E-state index >= 15 is 0 Å². The molecule has 2 aromatic carbocycles. The van der Waals surface area contributed by atoms with Crippen molar-refractivity contribution in [2.45, 2.75) is 6.54 Å². The van der Waals surface area contributed by atoms with E-state index in [0.717, 1.165) is 32.7 Å². The zero-order chi connectivity index (χ0) is 16.2. The zero-order valence-corrected chi connectivity index (χ0v) is 14.5. The van der Waals surface area contributed by atoms with Gasteiger partial charge in [0.1, 0.15) is 0 Å². The minimum Gasteiger partial charge on any atom is -0.295 e. The molecule has 0 bridgehead atoms. The maximum Gasteiger partial charge on any atom is 0.0642 e. The van der Waals surface area contributed by atoms with Crippen molar-refractivity contribution < 1.29 is 0 Å². The molecule has 2 heterocycles. The van der Waals surface area contributed by atoms with Gasteiger partial charge >= 0.3 is 0 Å². The number of nitrogens with zero attached hydrogens (tertiary/aromatic N) is 3. The van der Waals surface area contributed by atoms with Gasteiger partial charge in [-0.1, -0.05) is 48.5 Å². The molecule has 1 fully saturated rings. The first kappa shape index (κ1) is 15.4. The Balaban J connectivity index is 1.37. The summed E-state index contributed by atoms with van der Waals surface area (Å²) in [4.78, 5) is 3.74. The van der Waals surface area contributed by atoms with Crippen molar-refractivity contribution in [1.82, 2.24) is 9.91 Å². The highest BCUT2D eigenvalue weighted by atomic mass is 32.1. The molecule has 122 valence electrons. The lowest BCUT2D eigenvalue weighted by Crippen LogP contribution is -2.43. The smallest absolute Gasteiger partial charge is 0.0642 e. The Bertz CT molecular complexity index is 813. The van der Waals surface area contributed by atoms with Crippen LogP contribution in [-0.2, 0) is 6.54 Å². The molecule has 1 saturated heterocycles. The molecule has 0 aliphatic carbocycles. The molecule has 0 atom stereocenters. The van der Waals surface area contributed by atoms with E-state index in [-0.39, 0.29) is 0 Å². The summed E-state index contributed by atoms with van der Waals surface area (Å²) in [6.45, 7) is 5.12. The van der Waals surface area contributed by atoms with Crippen LogP contribution in [0.5, 0.6) is 0 Å². The Morgan fingerprint density at radius 1 is 0.917 bits per heavy atom. The Morgan fingerprint density at radius 3 is 2.58 bits per heavy atom. The number of rotatable bonds is 4. The van der Waals surface area contributed by atoms with E-state index < -0.39 is 0 Å². The van der Waals surface area contributed by atoms with E-state index in [0.29, 0.717) is 0 Å². The van der Waals surface area contributed by atoms with Crippen LogP contribution in [0.3, 0.4) is 0 Å². The van der Waals surface area contributed by atoms with Crippen molar-refractivity contribution in [3.63, 3.8) is 0 Å². The fraction of sp³-hybridized carbons (Fsp3) is 0.250. The van der Waals surface area contributed by atoms with E-state index in [2.05, 4.69) is 75.0 Å². The summed E-state index contributed by atoms with van der Waals surface area (Å²) in [5.74, 6) is 0. The van der Waals surface area contributed by atoms with Crippen LogP contribution >= 0.6 is 11.3 Å². The maximum atomic E-state index is 4.61. The molecule has 0 N–H and O–H groups in total. The van der Waals surface area contributed by atoms with Crippen LogP contribution in [0.4, 0.5) is 0 Å². The summed E-state index contributed by atoms with van der Waals surface area (Å²) in [6.07, 6.45) is 1.98. The summed E-state index contributed by atoms with van der Waals surface area (Å²) in [7, 11) is 0. The fourth-order valence-corrected chi connectivity index (χ4v) is 3.76. The summed E-state index contributed by atoms with van der Waals surface area (Å²) in [5, 5.41) is 11.6. The van der Waals surface area contributed by atoms with Crippen LogP contribution in [0.15, 0.2) is 65.1 Å². The van der Waals surface area contributed by atoms with E-state index in [4.69, 9.17) is 0 Å². The first-order valence-electron chi connectivity index (χ1n) is 8.40. The molecule has 0 radical (unpaired) electrons. The number of hydrogen-bond donors (Lipinski definition) is 0. The second-order valence-corrected chi connectivity index (χ2v) is 7.11.